The molecule has 2 aromatic carbocycles. The van der Waals surface area contributed by atoms with Crippen LogP contribution in [0.4, 0.5) is 5.69 Å². The molecule has 2 aromatic rings. The third-order valence-electron chi connectivity index (χ3n) is 5.01. The van der Waals surface area contributed by atoms with Crippen LogP contribution in [0.25, 0.3) is 0 Å². The molecule has 1 fully saturated rings. The van der Waals surface area contributed by atoms with Gasteiger partial charge in [0, 0.05) is 13.1 Å². The molecule has 1 N–H and O–H groups in total. The summed E-state index contributed by atoms with van der Waals surface area (Å²) >= 11 is 1.51. The first-order valence-corrected chi connectivity index (χ1v) is 13.2. The number of ether oxygens (including phenoxy) is 2. The van der Waals surface area contributed by atoms with E-state index in [0.717, 1.165) is 19.3 Å². The van der Waals surface area contributed by atoms with Crippen LogP contribution in [0.3, 0.4) is 0 Å². The number of methoxy groups -OCH3 is 1. The highest BCUT2D eigenvalue weighted by molar-refractivity contribution is 8.00. The Bertz CT molecular complexity index is 1030. The molecule has 1 aliphatic rings. The fourth-order valence-electron chi connectivity index (χ4n) is 3.36. The number of carbonyl (C=O) groups excluding carboxylic acids is 1. The van der Waals surface area contributed by atoms with E-state index in [9.17, 15) is 13.2 Å². The van der Waals surface area contributed by atoms with Gasteiger partial charge in [0.15, 0.2) is 17.2 Å². The van der Waals surface area contributed by atoms with Crippen LogP contribution >= 0.6 is 11.8 Å². The smallest absolute Gasteiger partial charge is 0.243 e. The van der Waals surface area contributed by atoms with Crippen LogP contribution in [0.2, 0.25) is 0 Å². The molecule has 1 amide bonds. The van der Waals surface area contributed by atoms with Crippen LogP contribution in [0.15, 0.2) is 47.4 Å². The molecule has 0 atom stereocenters. The molecular formula is C23H30N2O5S2. The first-order valence-electron chi connectivity index (χ1n) is 10.7. The molecule has 174 valence electrons. The molecule has 0 aliphatic carbocycles. The van der Waals surface area contributed by atoms with Crippen molar-refractivity contribution < 1.29 is 22.7 Å². The van der Waals surface area contributed by atoms with E-state index in [-0.39, 0.29) is 16.6 Å². The minimum atomic E-state index is -3.65. The molecule has 0 saturated carbocycles. The van der Waals surface area contributed by atoms with Crippen molar-refractivity contribution in [1.82, 2.24) is 4.31 Å². The molecule has 0 bridgehead atoms. The average molecular weight is 479 g/mol. The van der Waals surface area contributed by atoms with E-state index in [1.807, 2.05) is 26.0 Å². The Kier molecular flexibility index (Phi) is 8.44. The summed E-state index contributed by atoms with van der Waals surface area (Å²) in [7, 11) is -2.11. The number of carbonyl (C=O) groups is 1. The van der Waals surface area contributed by atoms with Crippen molar-refractivity contribution in [3.63, 3.8) is 0 Å². The molecule has 3 rings (SSSR count). The van der Waals surface area contributed by atoms with Crippen LogP contribution in [0.1, 0.15) is 33.1 Å². The number of nitrogens with one attached hydrogen (secondary N) is 1. The molecule has 32 heavy (non-hydrogen) atoms. The van der Waals surface area contributed by atoms with Gasteiger partial charge in [-0.3, -0.25) is 4.79 Å². The normalized spacial score (nSPS) is 14.9. The maximum atomic E-state index is 13.2. The number of hydrogen-bond donors (Lipinski definition) is 1. The zero-order valence-corrected chi connectivity index (χ0v) is 20.3. The van der Waals surface area contributed by atoms with Gasteiger partial charge in [0.1, 0.15) is 0 Å². The van der Waals surface area contributed by atoms with Crippen molar-refractivity contribution in [3.05, 3.63) is 42.5 Å². The van der Waals surface area contributed by atoms with Gasteiger partial charge in [-0.25, -0.2) is 8.42 Å². The number of anilines is 1. The minimum absolute atomic E-state index is 0.138. The molecule has 9 heteroatoms. The maximum Gasteiger partial charge on any atom is 0.243 e. The van der Waals surface area contributed by atoms with Gasteiger partial charge >= 0.3 is 0 Å². The fraction of sp³-hybridized carbons (Fsp3) is 0.435. The van der Waals surface area contributed by atoms with E-state index in [4.69, 9.17) is 9.47 Å². The number of amides is 1. The quantitative estimate of drug-likeness (QED) is 0.560. The lowest BCUT2D eigenvalue weighted by Crippen LogP contribution is -2.35. The lowest BCUT2D eigenvalue weighted by Gasteiger charge is -2.26. The third-order valence-corrected chi connectivity index (χ3v) is 8.00. The molecule has 1 saturated heterocycles. The van der Waals surface area contributed by atoms with Crippen molar-refractivity contribution in [3.8, 4) is 17.2 Å². The van der Waals surface area contributed by atoms with Crippen molar-refractivity contribution in [1.29, 1.82) is 0 Å². The minimum Gasteiger partial charge on any atom is -0.493 e. The summed E-state index contributed by atoms with van der Waals surface area (Å²) in [6, 6.07) is 11.7. The van der Waals surface area contributed by atoms with Crippen LogP contribution in [-0.2, 0) is 14.8 Å². The highest BCUT2D eigenvalue weighted by Gasteiger charge is 2.27. The number of para-hydroxylation sites is 2. The van der Waals surface area contributed by atoms with Gasteiger partial charge in [0.05, 0.1) is 23.4 Å². The van der Waals surface area contributed by atoms with Gasteiger partial charge < -0.3 is 14.8 Å². The highest BCUT2D eigenvalue weighted by Crippen LogP contribution is 2.37. The number of rotatable bonds is 9. The molecule has 1 heterocycles. The van der Waals surface area contributed by atoms with Crippen LogP contribution < -0.4 is 14.8 Å². The second-order valence-electron chi connectivity index (χ2n) is 7.78. The third kappa shape index (κ3) is 6.17. The number of piperidine rings is 1. The van der Waals surface area contributed by atoms with E-state index in [1.54, 1.807) is 25.3 Å². The SMILES string of the molecule is COc1ccccc1Oc1ccc(S(=O)(=O)N2CCCCC2)cc1NC(=O)CSC(C)C. The summed E-state index contributed by atoms with van der Waals surface area (Å²) in [5.74, 6) is 1.38. The number of benzene rings is 2. The largest absolute Gasteiger partial charge is 0.493 e. The first kappa shape index (κ1) is 24.4. The van der Waals surface area contributed by atoms with Gasteiger partial charge in [-0.15, -0.1) is 11.8 Å². The average Bonchev–Trinajstić information content (AvgIpc) is 2.79. The summed E-state index contributed by atoms with van der Waals surface area (Å²) in [5.41, 5.74) is 0.309. The second kappa shape index (κ2) is 11.1. The highest BCUT2D eigenvalue weighted by atomic mass is 32.2. The number of hydrogen-bond acceptors (Lipinski definition) is 6. The lowest BCUT2D eigenvalue weighted by atomic mass is 10.2. The zero-order valence-electron chi connectivity index (χ0n) is 18.7. The fourth-order valence-corrected chi connectivity index (χ4v) is 5.46. The van der Waals surface area contributed by atoms with Crippen molar-refractivity contribution in [2.24, 2.45) is 0 Å². The molecule has 0 aromatic heterocycles. The Morgan fingerprint density at radius 3 is 2.41 bits per heavy atom. The second-order valence-corrected chi connectivity index (χ2v) is 11.3. The summed E-state index contributed by atoms with van der Waals surface area (Å²) in [6.45, 7) is 5.04. The molecule has 0 unspecified atom stereocenters. The van der Waals surface area contributed by atoms with E-state index in [2.05, 4.69) is 5.32 Å². The Morgan fingerprint density at radius 2 is 1.75 bits per heavy atom. The predicted molar refractivity (Wildman–Crippen MR) is 128 cm³/mol. The van der Waals surface area contributed by atoms with Crippen molar-refractivity contribution >= 4 is 33.4 Å². The van der Waals surface area contributed by atoms with Crippen LogP contribution in [-0.4, -0.2) is 49.8 Å². The van der Waals surface area contributed by atoms with Gasteiger partial charge in [-0.2, -0.15) is 4.31 Å². The summed E-state index contributed by atoms with van der Waals surface area (Å²) in [5, 5.41) is 3.13. The van der Waals surface area contributed by atoms with Gasteiger partial charge in [0.2, 0.25) is 15.9 Å². The van der Waals surface area contributed by atoms with E-state index in [1.165, 1.54) is 28.2 Å². The van der Waals surface area contributed by atoms with E-state index >= 15 is 0 Å². The van der Waals surface area contributed by atoms with Gasteiger partial charge in [-0.1, -0.05) is 32.4 Å². The Morgan fingerprint density at radius 1 is 1.06 bits per heavy atom. The van der Waals surface area contributed by atoms with Crippen LogP contribution in [0, 0.1) is 0 Å². The van der Waals surface area contributed by atoms with Gasteiger partial charge in [-0.05, 0) is 48.4 Å². The van der Waals surface area contributed by atoms with Crippen molar-refractivity contribution in [2.75, 3.05) is 31.3 Å². The molecular weight excluding hydrogens is 448 g/mol. The summed E-state index contributed by atoms with van der Waals surface area (Å²) < 4.78 is 39.2. The number of sulfonamides is 1. The molecule has 7 nitrogen and oxygen atoms in total. The van der Waals surface area contributed by atoms with E-state index in [0.29, 0.717) is 41.3 Å². The first-order chi connectivity index (χ1) is 15.3. The van der Waals surface area contributed by atoms with Gasteiger partial charge in [0.25, 0.3) is 0 Å². The monoisotopic (exact) mass is 478 g/mol. The number of nitrogens with zero attached hydrogens (tertiary/aromatic N) is 1. The molecule has 1 aliphatic heterocycles. The van der Waals surface area contributed by atoms with Crippen LogP contribution in [0.5, 0.6) is 17.2 Å². The lowest BCUT2D eigenvalue weighted by molar-refractivity contribution is -0.113. The standard InChI is InChI=1S/C23H30N2O5S2/c1-17(2)31-16-23(26)24-19-15-18(32(27,28)25-13-7-4-8-14-25)11-12-20(19)30-22-10-6-5-9-21(22)29-3/h5-6,9-12,15,17H,4,7-8,13-14,16H2,1-3H3,(H,24,26). The summed E-state index contributed by atoms with van der Waals surface area (Å²) in [4.78, 5) is 12.7. The number of thioether (sulfide) groups is 1. The van der Waals surface area contributed by atoms with E-state index < -0.39 is 10.0 Å². The topological polar surface area (TPSA) is 84.9 Å². The zero-order chi connectivity index (χ0) is 23.1. The van der Waals surface area contributed by atoms with Crippen molar-refractivity contribution in [2.45, 2.75) is 43.3 Å². The Balaban J connectivity index is 1.94. The summed E-state index contributed by atoms with van der Waals surface area (Å²) in [6.07, 6.45) is 2.74. The maximum absolute atomic E-state index is 13.2. The Hall–Kier alpha value is -2.23. The molecule has 0 spiro atoms. The predicted octanol–water partition coefficient (Wildman–Crippen LogP) is 4.74. The Labute approximate surface area is 194 Å². The molecule has 0 radical (unpaired) electrons.